The van der Waals surface area contributed by atoms with Crippen molar-refractivity contribution in [2.24, 2.45) is 0 Å². The van der Waals surface area contributed by atoms with Crippen molar-refractivity contribution in [2.45, 2.75) is 0 Å². The van der Waals surface area contributed by atoms with Crippen LogP contribution in [0.2, 0.25) is 0 Å². The van der Waals surface area contributed by atoms with Gasteiger partial charge in [0.2, 0.25) is 0 Å². The van der Waals surface area contributed by atoms with E-state index in [9.17, 15) is 0 Å². The minimum absolute atomic E-state index is 1.12. The van der Waals surface area contributed by atoms with E-state index in [1.165, 1.54) is 47.8 Å². The van der Waals surface area contributed by atoms with Gasteiger partial charge in [-0.15, -0.1) is 11.3 Å². The van der Waals surface area contributed by atoms with Gasteiger partial charge < -0.3 is 0 Å². The molecule has 6 rings (SSSR count). The summed E-state index contributed by atoms with van der Waals surface area (Å²) in [4.78, 5) is 4.75. The Morgan fingerprint density at radius 3 is 1.96 bits per heavy atom. The summed E-state index contributed by atoms with van der Waals surface area (Å²) in [6, 6.07) is 26.3. The van der Waals surface area contributed by atoms with Gasteiger partial charge >= 0.3 is 0 Å². The Hall–Kier alpha value is -2.97. The number of hydrogen-bond acceptors (Lipinski definition) is 2. The number of benzene rings is 5. The van der Waals surface area contributed by atoms with Gasteiger partial charge in [-0.3, -0.25) is 0 Å². The zero-order chi connectivity index (χ0) is 16.4. The maximum absolute atomic E-state index is 4.75. The molecule has 0 aliphatic rings. The minimum atomic E-state index is 1.12. The van der Waals surface area contributed by atoms with Crippen molar-refractivity contribution >= 4 is 64.6 Å². The van der Waals surface area contributed by atoms with Crippen molar-refractivity contribution in [1.82, 2.24) is 4.98 Å². The number of nitrogens with zero attached hydrogens (tertiary/aromatic N) is 1. The van der Waals surface area contributed by atoms with Crippen molar-refractivity contribution < 1.29 is 0 Å². The Kier molecular flexibility index (Phi) is 2.55. The van der Waals surface area contributed by atoms with Gasteiger partial charge in [-0.2, -0.15) is 0 Å². The highest BCUT2D eigenvalue weighted by atomic mass is 32.1. The van der Waals surface area contributed by atoms with E-state index in [0.717, 1.165) is 5.52 Å². The lowest BCUT2D eigenvalue weighted by atomic mass is 9.93. The van der Waals surface area contributed by atoms with Crippen molar-refractivity contribution in [2.75, 3.05) is 0 Å². The van der Waals surface area contributed by atoms with Crippen LogP contribution in [0.4, 0.5) is 0 Å². The van der Waals surface area contributed by atoms with Crippen molar-refractivity contribution in [1.29, 1.82) is 0 Å². The average molecular weight is 335 g/mol. The molecule has 116 valence electrons. The van der Waals surface area contributed by atoms with Gasteiger partial charge in [-0.05, 0) is 32.3 Å². The molecule has 1 nitrogen and oxygen atoms in total. The van der Waals surface area contributed by atoms with Crippen molar-refractivity contribution in [3.63, 3.8) is 0 Å². The fraction of sp³-hybridized carbons (Fsp3) is 0. The SMILES string of the molecule is c1ccc2c(c1)ccc1c3scnc3c3c4ccccc4ccc3c21. The van der Waals surface area contributed by atoms with Gasteiger partial charge in [0.15, 0.2) is 0 Å². The molecule has 0 saturated heterocycles. The third kappa shape index (κ3) is 1.70. The number of hydrogen-bond donors (Lipinski definition) is 0. The van der Waals surface area contributed by atoms with E-state index in [2.05, 4.69) is 72.8 Å². The summed E-state index contributed by atoms with van der Waals surface area (Å²) in [5, 5.41) is 10.4. The van der Waals surface area contributed by atoms with Gasteiger partial charge in [0.05, 0.1) is 15.7 Å². The predicted molar refractivity (Wildman–Crippen MR) is 110 cm³/mol. The monoisotopic (exact) mass is 335 g/mol. The van der Waals surface area contributed by atoms with E-state index < -0.39 is 0 Å². The third-order valence-corrected chi connectivity index (χ3v) is 6.04. The summed E-state index contributed by atoms with van der Waals surface area (Å²) in [5.74, 6) is 0. The van der Waals surface area contributed by atoms with E-state index in [1.807, 2.05) is 5.51 Å². The van der Waals surface area contributed by atoms with E-state index in [-0.39, 0.29) is 0 Å². The van der Waals surface area contributed by atoms with Crippen LogP contribution in [0, 0.1) is 0 Å². The molecule has 0 amide bonds. The predicted octanol–water partition coefficient (Wildman–Crippen LogP) is 6.91. The molecule has 0 radical (unpaired) electrons. The van der Waals surface area contributed by atoms with Crippen LogP contribution in [0.15, 0.2) is 78.3 Å². The Balaban J connectivity index is 2.06. The average Bonchev–Trinajstić information content (AvgIpc) is 3.17. The second-order valence-corrected chi connectivity index (χ2v) is 7.30. The van der Waals surface area contributed by atoms with Crippen molar-refractivity contribution in [3.05, 3.63) is 78.3 Å². The molecular weight excluding hydrogens is 322 g/mol. The van der Waals surface area contributed by atoms with Gasteiger partial charge in [0.1, 0.15) is 0 Å². The smallest absolute Gasteiger partial charge is 0.0903 e. The van der Waals surface area contributed by atoms with Gasteiger partial charge in [0, 0.05) is 10.8 Å². The molecule has 0 aliphatic carbocycles. The molecule has 0 saturated carbocycles. The maximum Gasteiger partial charge on any atom is 0.0903 e. The molecule has 25 heavy (non-hydrogen) atoms. The maximum atomic E-state index is 4.75. The highest BCUT2D eigenvalue weighted by Crippen LogP contribution is 2.42. The second-order valence-electron chi connectivity index (χ2n) is 6.45. The Morgan fingerprint density at radius 2 is 1.20 bits per heavy atom. The van der Waals surface area contributed by atoms with E-state index in [1.54, 1.807) is 11.3 Å². The standard InChI is InChI=1S/C23H13NS/c1-3-7-16-14(5-1)10-12-19-20(16)18-11-9-15-6-2-4-8-17(15)21(18)22-23(19)25-13-24-22/h1-13H. The Labute approximate surface area is 148 Å². The van der Waals surface area contributed by atoms with Crippen LogP contribution in [0.5, 0.6) is 0 Å². The minimum Gasteiger partial charge on any atom is -0.244 e. The lowest BCUT2D eigenvalue weighted by Gasteiger charge is -2.11. The lowest BCUT2D eigenvalue weighted by Crippen LogP contribution is -1.85. The van der Waals surface area contributed by atoms with Crippen LogP contribution < -0.4 is 0 Å². The first kappa shape index (κ1) is 13.3. The summed E-state index contributed by atoms with van der Waals surface area (Å²) in [5.41, 5.74) is 3.10. The van der Waals surface area contributed by atoms with E-state index in [0.29, 0.717) is 0 Å². The normalized spacial score (nSPS) is 12.0. The molecule has 0 atom stereocenters. The third-order valence-electron chi connectivity index (χ3n) is 5.18. The highest BCUT2D eigenvalue weighted by molar-refractivity contribution is 7.18. The summed E-state index contributed by atoms with van der Waals surface area (Å²) < 4.78 is 1.28. The zero-order valence-corrected chi connectivity index (χ0v) is 14.2. The molecule has 5 aromatic carbocycles. The quantitative estimate of drug-likeness (QED) is 0.275. The summed E-state index contributed by atoms with van der Waals surface area (Å²) in [7, 11) is 0. The molecule has 0 N–H and O–H groups in total. The lowest BCUT2D eigenvalue weighted by molar-refractivity contribution is 1.52. The molecule has 0 fully saturated rings. The molecule has 0 aliphatic heterocycles. The fourth-order valence-corrected chi connectivity index (χ4v) is 4.93. The zero-order valence-electron chi connectivity index (χ0n) is 13.4. The molecule has 1 heterocycles. The Bertz CT molecular complexity index is 1440. The van der Waals surface area contributed by atoms with Gasteiger partial charge in [0.25, 0.3) is 0 Å². The number of aromatic nitrogens is 1. The van der Waals surface area contributed by atoms with Crippen LogP contribution in [-0.2, 0) is 0 Å². The van der Waals surface area contributed by atoms with E-state index >= 15 is 0 Å². The molecule has 6 aromatic rings. The van der Waals surface area contributed by atoms with Crippen LogP contribution in [-0.4, -0.2) is 4.98 Å². The molecule has 0 bridgehead atoms. The summed E-state index contributed by atoms with van der Waals surface area (Å²) >= 11 is 1.74. The van der Waals surface area contributed by atoms with Crippen LogP contribution >= 0.6 is 11.3 Å². The van der Waals surface area contributed by atoms with Crippen LogP contribution in [0.1, 0.15) is 0 Å². The van der Waals surface area contributed by atoms with Gasteiger partial charge in [-0.1, -0.05) is 72.8 Å². The molecular formula is C23H13NS. The fourth-order valence-electron chi connectivity index (χ4n) is 4.10. The molecule has 0 unspecified atom stereocenters. The van der Waals surface area contributed by atoms with Crippen LogP contribution in [0.3, 0.4) is 0 Å². The highest BCUT2D eigenvalue weighted by Gasteiger charge is 2.14. The molecule has 2 heteroatoms. The molecule has 0 spiro atoms. The second kappa shape index (κ2) is 4.78. The first-order valence-corrected chi connectivity index (χ1v) is 9.28. The van der Waals surface area contributed by atoms with Crippen LogP contribution in [0.25, 0.3) is 53.3 Å². The number of rotatable bonds is 0. The topological polar surface area (TPSA) is 12.9 Å². The summed E-state index contributed by atoms with van der Waals surface area (Å²) in [6.45, 7) is 0. The largest absolute Gasteiger partial charge is 0.244 e. The number of thiazole rings is 1. The molecule has 1 aromatic heterocycles. The summed E-state index contributed by atoms with van der Waals surface area (Å²) in [6.07, 6.45) is 0. The van der Waals surface area contributed by atoms with Gasteiger partial charge in [-0.25, -0.2) is 4.98 Å². The first-order chi connectivity index (χ1) is 12.4. The van der Waals surface area contributed by atoms with Crippen molar-refractivity contribution in [3.8, 4) is 0 Å². The Morgan fingerprint density at radius 1 is 0.560 bits per heavy atom. The van der Waals surface area contributed by atoms with E-state index in [4.69, 9.17) is 4.98 Å². The first-order valence-electron chi connectivity index (χ1n) is 8.40. The number of fused-ring (bicyclic) bond motifs is 10.